The van der Waals surface area contributed by atoms with Gasteiger partial charge in [-0.25, -0.2) is 14.8 Å². The largest absolute Gasteiger partial charge is 0.478 e. The van der Waals surface area contributed by atoms with E-state index in [1.54, 1.807) is 6.07 Å². The van der Waals surface area contributed by atoms with Crippen LogP contribution in [0.4, 0.5) is 0 Å². The molecular weight excluding hydrogens is 288 g/mol. The van der Waals surface area contributed by atoms with E-state index in [-0.39, 0.29) is 5.56 Å². The number of aromatic nitrogens is 2. The summed E-state index contributed by atoms with van der Waals surface area (Å²) in [6.07, 6.45) is 0.669. The highest BCUT2D eigenvalue weighted by atomic mass is 32.2. The van der Waals surface area contributed by atoms with E-state index in [0.717, 1.165) is 11.2 Å². The molecule has 5 nitrogen and oxygen atoms in total. The minimum atomic E-state index is -0.966. The van der Waals surface area contributed by atoms with E-state index in [0.29, 0.717) is 22.3 Å². The molecule has 0 atom stereocenters. The number of carbonyl (C=O) groups is 1. The molecule has 1 N–H and O–H groups in total. The SMILES string of the molecule is CCc1cc(C(=O)O)cc(Sc2nc3ccccc3o2)n1. The molecule has 2 aromatic heterocycles. The number of fused-ring (bicyclic) bond motifs is 1. The molecule has 0 fully saturated rings. The quantitative estimate of drug-likeness (QED) is 0.792. The van der Waals surface area contributed by atoms with E-state index in [1.165, 1.54) is 17.8 Å². The average Bonchev–Trinajstić information content (AvgIpc) is 2.88. The van der Waals surface area contributed by atoms with Gasteiger partial charge in [-0.1, -0.05) is 19.1 Å². The number of oxazole rings is 1. The average molecular weight is 300 g/mol. The summed E-state index contributed by atoms with van der Waals surface area (Å²) in [6, 6.07) is 10.6. The number of nitrogens with zero attached hydrogens (tertiary/aromatic N) is 2. The van der Waals surface area contributed by atoms with E-state index in [9.17, 15) is 4.79 Å². The molecule has 0 amide bonds. The molecule has 0 aliphatic heterocycles. The van der Waals surface area contributed by atoms with Crippen LogP contribution in [0.1, 0.15) is 23.0 Å². The predicted octanol–water partition coefficient (Wildman–Crippen LogP) is 3.63. The van der Waals surface area contributed by atoms with Crippen LogP contribution >= 0.6 is 11.8 Å². The number of benzene rings is 1. The van der Waals surface area contributed by atoms with E-state index >= 15 is 0 Å². The molecule has 0 spiro atoms. The van der Waals surface area contributed by atoms with Gasteiger partial charge in [-0.15, -0.1) is 0 Å². The molecule has 6 heteroatoms. The number of aryl methyl sites for hydroxylation is 1. The van der Waals surface area contributed by atoms with E-state index in [4.69, 9.17) is 9.52 Å². The smallest absolute Gasteiger partial charge is 0.335 e. The van der Waals surface area contributed by atoms with Crippen molar-refractivity contribution in [2.24, 2.45) is 0 Å². The summed E-state index contributed by atoms with van der Waals surface area (Å²) in [4.78, 5) is 19.9. The first kappa shape index (κ1) is 13.6. The maximum atomic E-state index is 11.1. The fraction of sp³-hybridized carbons (Fsp3) is 0.133. The van der Waals surface area contributed by atoms with Crippen LogP contribution in [0.25, 0.3) is 11.1 Å². The van der Waals surface area contributed by atoms with Crippen molar-refractivity contribution in [1.82, 2.24) is 9.97 Å². The highest BCUT2D eigenvalue weighted by Crippen LogP contribution is 2.29. The van der Waals surface area contributed by atoms with Crippen LogP contribution in [-0.2, 0) is 6.42 Å². The summed E-state index contributed by atoms with van der Waals surface area (Å²) in [7, 11) is 0. The number of aromatic carboxylic acids is 1. The first-order chi connectivity index (χ1) is 10.2. The first-order valence-corrected chi connectivity index (χ1v) is 7.25. The van der Waals surface area contributed by atoms with Crippen LogP contribution in [0, 0.1) is 0 Å². The fourth-order valence-electron chi connectivity index (χ4n) is 1.90. The van der Waals surface area contributed by atoms with Crippen molar-refractivity contribution >= 4 is 28.8 Å². The third kappa shape index (κ3) is 2.90. The van der Waals surface area contributed by atoms with Crippen molar-refractivity contribution in [1.29, 1.82) is 0 Å². The molecule has 0 saturated carbocycles. The van der Waals surface area contributed by atoms with Gasteiger partial charge in [0.15, 0.2) is 5.58 Å². The van der Waals surface area contributed by atoms with Crippen LogP contribution < -0.4 is 0 Å². The molecule has 1 aromatic carbocycles. The second kappa shape index (κ2) is 5.57. The number of hydrogen-bond acceptors (Lipinski definition) is 5. The standard InChI is InChI=1S/C15H12N2O3S/c1-2-10-7-9(14(18)19)8-13(16-10)21-15-17-11-5-3-4-6-12(11)20-15/h3-8H,2H2,1H3,(H,18,19). The third-order valence-corrected chi connectivity index (χ3v) is 3.70. The lowest BCUT2D eigenvalue weighted by Crippen LogP contribution is -2.00. The van der Waals surface area contributed by atoms with Crippen LogP contribution in [0.3, 0.4) is 0 Å². The van der Waals surface area contributed by atoms with Gasteiger partial charge >= 0.3 is 5.97 Å². The summed E-state index contributed by atoms with van der Waals surface area (Å²) in [5, 5.41) is 10.2. The Balaban J connectivity index is 1.96. The highest BCUT2D eigenvalue weighted by molar-refractivity contribution is 7.99. The highest BCUT2D eigenvalue weighted by Gasteiger charge is 2.12. The molecule has 0 aliphatic carbocycles. The lowest BCUT2D eigenvalue weighted by molar-refractivity contribution is 0.0696. The minimum Gasteiger partial charge on any atom is -0.478 e. The Hall–Kier alpha value is -2.34. The van der Waals surface area contributed by atoms with E-state index in [1.807, 2.05) is 31.2 Å². The second-order valence-electron chi connectivity index (χ2n) is 4.39. The monoisotopic (exact) mass is 300 g/mol. The zero-order chi connectivity index (χ0) is 14.8. The Labute approximate surface area is 125 Å². The zero-order valence-electron chi connectivity index (χ0n) is 11.2. The van der Waals surface area contributed by atoms with Gasteiger partial charge in [0.2, 0.25) is 0 Å². The summed E-state index contributed by atoms with van der Waals surface area (Å²) in [5.74, 6) is -0.966. The van der Waals surface area contributed by atoms with Crippen LogP contribution in [0.15, 0.2) is 51.1 Å². The zero-order valence-corrected chi connectivity index (χ0v) is 12.1. The second-order valence-corrected chi connectivity index (χ2v) is 5.37. The molecule has 0 radical (unpaired) electrons. The molecule has 0 saturated heterocycles. The molecule has 3 aromatic rings. The Morgan fingerprint density at radius 1 is 1.29 bits per heavy atom. The van der Waals surface area contributed by atoms with Gasteiger partial charge in [0.25, 0.3) is 5.22 Å². The first-order valence-electron chi connectivity index (χ1n) is 6.43. The van der Waals surface area contributed by atoms with Gasteiger partial charge in [-0.05, 0) is 42.4 Å². The lowest BCUT2D eigenvalue weighted by Gasteiger charge is -2.03. The molecule has 21 heavy (non-hydrogen) atoms. The fourth-order valence-corrected chi connectivity index (χ4v) is 2.70. The van der Waals surface area contributed by atoms with Crippen molar-refractivity contribution < 1.29 is 14.3 Å². The molecule has 2 heterocycles. The van der Waals surface area contributed by atoms with Crippen molar-refractivity contribution in [3.05, 3.63) is 47.7 Å². The minimum absolute atomic E-state index is 0.223. The number of rotatable bonds is 4. The Morgan fingerprint density at radius 3 is 2.81 bits per heavy atom. The van der Waals surface area contributed by atoms with E-state index in [2.05, 4.69) is 9.97 Å². The van der Waals surface area contributed by atoms with Gasteiger partial charge in [-0.3, -0.25) is 0 Å². The number of carboxylic acids is 1. The van der Waals surface area contributed by atoms with Crippen molar-refractivity contribution in [2.75, 3.05) is 0 Å². The summed E-state index contributed by atoms with van der Waals surface area (Å²) in [6.45, 7) is 1.93. The van der Waals surface area contributed by atoms with Crippen LogP contribution in [0.5, 0.6) is 0 Å². The van der Waals surface area contributed by atoms with Gasteiger partial charge in [0.05, 0.1) is 5.56 Å². The Bertz CT molecular complexity index is 781. The van der Waals surface area contributed by atoms with Gasteiger partial charge in [0, 0.05) is 5.69 Å². The molecule has 0 unspecified atom stereocenters. The maximum absolute atomic E-state index is 11.1. The number of hydrogen-bond donors (Lipinski definition) is 1. The van der Waals surface area contributed by atoms with Gasteiger partial charge in [0.1, 0.15) is 10.5 Å². The normalized spacial score (nSPS) is 10.9. The number of carboxylic acid groups (broad SMARTS) is 1. The maximum Gasteiger partial charge on any atom is 0.335 e. The number of pyridine rings is 1. The Morgan fingerprint density at radius 2 is 2.10 bits per heavy atom. The summed E-state index contributed by atoms with van der Waals surface area (Å²) >= 11 is 1.22. The van der Waals surface area contributed by atoms with Gasteiger partial charge < -0.3 is 9.52 Å². The van der Waals surface area contributed by atoms with Crippen LogP contribution in [-0.4, -0.2) is 21.0 Å². The van der Waals surface area contributed by atoms with Gasteiger partial charge in [-0.2, -0.15) is 0 Å². The molecule has 3 rings (SSSR count). The van der Waals surface area contributed by atoms with E-state index < -0.39 is 5.97 Å². The summed E-state index contributed by atoms with van der Waals surface area (Å²) < 4.78 is 5.61. The molecule has 106 valence electrons. The molecular formula is C15H12N2O3S. The van der Waals surface area contributed by atoms with Crippen LogP contribution in [0.2, 0.25) is 0 Å². The predicted molar refractivity (Wildman–Crippen MR) is 78.7 cm³/mol. The topological polar surface area (TPSA) is 76.2 Å². The number of para-hydroxylation sites is 2. The van der Waals surface area contributed by atoms with Crippen molar-refractivity contribution in [3.63, 3.8) is 0 Å². The van der Waals surface area contributed by atoms with Crippen molar-refractivity contribution in [3.8, 4) is 0 Å². The van der Waals surface area contributed by atoms with Crippen molar-refractivity contribution in [2.45, 2.75) is 23.6 Å². The third-order valence-electron chi connectivity index (χ3n) is 2.93. The lowest BCUT2D eigenvalue weighted by atomic mass is 10.2. The molecule has 0 aliphatic rings. The Kier molecular flexibility index (Phi) is 3.62. The summed E-state index contributed by atoms with van der Waals surface area (Å²) in [5.41, 5.74) is 2.42. The molecule has 0 bridgehead atoms.